The largest absolute Gasteiger partial charge is 0.346 e. The van der Waals surface area contributed by atoms with Crippen LogP contribution in [0.2, 0.25) is 10.0 Å². The van der Waals surface area contributed by atoms with Gasteiger partial charge in [0.15, 0.2) is 0 Å². The zero-order valence-corrected chi connectivity index (χ0v) is 16.1. The highest BCUT2D eigenvalue weighted by atomic mass is 35.5. The van der Waals surface area contributed by atoms with Gasteiger partial charge in [-0.05, 0) is 37.9 Å². The average molecular weight is 394 g/mol. The van der Waals surface area contributed by atoms with E-state index >= 15 is 0 Å². The molecule has 7 heteroatoms. The van der Waals surface area contributed by atoms with Crippen LogP contribution in [-0.4, -0.2) is 43.9 Å². The minimum atomic E-state index is -0.425. The van der Waals surface area contributed by atoms with E-state index in [1.807, 2.05) is 49.3 Å². The summed E-state index contributed by atoms with van der Waals surface area (Å²) in [6.07, 6.45) is 0. The Morgan fingerprint density at radius 1 is 1.08 bits per heavy atom. The first-order chi connectivity index (χ1) is 12.4. The summed E-state index contributed by atoms with van der Waals surface area (Å²) in [6.45, 7) is 0.501. The first-order valence-corrected chi connectivity index (χ1v) is 8.84. The van der Waals surface area contributed by atoms with Gasteiger partial charge in [-0.1, -0.05) is 53.5 Å². The molecule has 2 amide bonds. The van der Waals surface area contributed by atoms with Crippen molar-refractivity contribution in [2.75, 3.05) is 27.2 Å². The first-order valence-electron chi connectivity index (χ1n) is 8.09. The van der Waals surface area contributed by atoms with Gasteiger partial charge in [0.1, 0.15) is 0 Å². The maximum atomic E-state index is 12.3. The lowest BCUT2D eigenvalue weighted by Crippen LogP contribution is -2.41. The molecule has 0 saturated carbocycles. The zero-order chi connectivity index (χ0) is 19.1. The first kappa shape index (κ1) is 20.2. The molecule has 2 rings (SSSR count). The third-order valence-electron chi connectivity index (χ3n) is 3.67. The standard InChI is InChI=1S/C19H21Cl2N3O2/c1-24(2)12-17(13-6-4-3-5-7-13)23-18(25)11-22-19(26)15-9-8-14(20)10-16(15)21/h3-10,17H,11-12H2,1-2H3,(H,22,26)(H,23,25)/t17-/m0/s1. The van der Waals surface area contributed by atoms with Gasteiger partial charge in [-0.2, -0.15) is 0 Å². The number of halogens is 2. The lowest BCUT2D eigenvalue weighted by atomic mass is 10.1. The molecule has 5 nitrogen and oxygen atoms in total. The fourth-order valence-electron chi connectivity index (χ4n) is 2.46. The SMILES string of the molecule is CN(C)C[C@H](NC(=O)CNC(=O)c1ccc(Cl)cc1Cl)c1ccccc1. The van der Waals surface area contributed by atoms with Crippen LogP contribution in [0.4, 0.5) is 0 Å². The Kier molecular flexibility index (Phi) is 7.45. The summed E-state index contributed by atoms with van der Waals surface area (Å²) >= 11 is 11.8. The third kappa shape index (κ3) is 6.02. The highest BCUT2D eigenvalue weighted by molar-refractivity contribution is 6.36. The van der Waals surface area contributed by atoms with Crippen molar-refractivity contribution in [3.63, 3.8) is 0 Å². The second-order valence-electron chi connectivity index (χ2n) is 6.10. The number of carbonyl (C=O) groups is 2. The second-order valence-corrected chi connectivity index (χ2v) is 6.94. The zero-order valence-electron chi connectivity index (χ0n) is 14.6. The number of amides is 2. The van der Waals surface area contributed by atoms with Crippen LogP contribution in [0.15, 0.2) is 48.5 Å². The average Bonchev–Trinajstić information content (AvgIpc) is 2.59. The molecule has 0 fully saturated rings. The lowest BCUT2D eigenvalue weighted by molar-refractivity contribution is -0.121. The molecule has 0 aliphatic heterocycles. The summed E-state index contributed by atoms with van der Waals surface area (Å²) in [4.78, 5) is 26.5. The van der Waals surface area contributed by atoms with Crippen molar-refractivity contribution in [3.05, 3.63) is 69.7 Å². The molecule has 0 unspecified atom stereocenters. The van der Waals surface area contributed by atoms with E-state index in [1.54, 1.807) is 6.07 Å². The van der Waals surface area contributed by atoms with Crippen LogP contribution in [0.1, 0.15) is 22.0 Å². The summed E-state index contributed by atoms with van der Waals surface area (Å²) in [7, 11) is 3.87. The summed E-state index contributed by atoms with van der Waals surface area (Å²) in [5.41, 5.74) is 1.28. The molecule has 0 aromatic heterocycles. The van der Waals surface area contributed by atoms with Crippen molar-refractivity contribution in [2.45, 2.75) is 6.04 Å². The Balaban J connectivity index is 1.96. The van der Waals surface area contributed by atoms with Gasteiger partial charge in [0.25, 0.3) is 5.91 Å². The smallest absolute Gasteiger partial charge is 0.253 e. The Labute approximate surface area is 163 Å². The summed E-state index contributed by atoms with van der Waals surface area (Å²) in [5.74, 6) is -0.704. The van der Waals surface area contributed by atoms with Gasteiger partial charge in [-0.3, -0.25) is 9.59 Å². The number of benzene rings is 2. The minimum absolute atomic E-state index is 0.144. The number of rotatable bonds is 7. The number of hydrogen-bond acceptors (Lipinski definition) is 3. The molecule has 2 aromatic carbocycles. The van der Waals surface area contributed by atoms with Gasteiger partial charge >= 0.3 is 0 Å². The van der Waals surface area contributed by atoms with E-state index in [0.717, 1.165) is 5.56 Å². The number of likely N-dealkylation sites (N-methyl/N-ethyl adjacent to an activating group) is 1. The van der Waals surface area contributed by atoms with Crippen LogP contribution in [0.25, 0.3) is 0 Å². The van der Waals surface area contributed by atoms with E-state index in [-0.39, 0.29) is 29.1 Å². The number of hydrogen-bond donors (Lipinski definition) is 2. The van der Waals surface area contributed by atoms with Gasteiger partial charge in [0, 0.05) is 11.6 Å². The molecule has 2 N–H and O–H groups in total. The predicted molar refractivity (Wildman–Crippen MR) is 105 cm³/mol. The van der Waals surface area contributed by atoms with E-state index in [4.69, 9.17) is 23.2 Å². The summed E-state index contributed by atoms with van der Waals surface area (Å²) in [6, 6.07) is 14.1. The van der Waals surface area contributed by atoms with Crippen LogP contribution < -0.4 is 10.6 Å². The Hall–Kier alpha value is -2.08. The Bertz CT molecular complexity index is 767. The van der Waals surface area contributed by atoms with Crippen LogP contribution >= 0.6 is 23.2 Å². The van der Waals surface area contributed by atoms with Crippen molar-refractivity contribution in [1.82, 2.24) is 15.5 Å². The molecule has 0 bridgehead atoms. The second kappa shape index (κ2) is 9.57. The summed E-state index contributed by atoms with van der Waals surface area (Å²) in [5, 5.41) is 6.21. The van der Waals surface area contributed by atoms with Gasteiger partial charge in [0.05, 0.1) is 23.2 Å². The molecular formula is C19H21Cl2N3O2. The van der Waals surface area contributed by atoms with Crippen molar-refractivity contribution in [2.24, 2.45) is 0 Å². The lowest BCUT2D eigenvalue weighted by Gasteiger charge is -2.23. The predicted octanol–water partition coefficient (Wildman–Crippen LogP) is 3.14. The third-order valence-corrected chi connectivity index (χ3v) is 4.22. The Morgan fingerprint density at radius 2 is 1.77 bits per heavy atom. The van der Waals surface area contributed by atoms with Crippen LogP contribution in [0, 0.1) is 0 Å². The molecule has 0 radical (unpaired) electrons. The number of nitrogens with one attached hydrogen (secondary N) is 2. The van der Waals surface area contributed by atoms with E-state index in [2.05, 4.69) is 10.6 Å². The van der Waals surface area contributed by atoms with Gasteiger partial charge in [-0.15, -0.1) is 0 Å². The highest BCUT2D eigenvalue weighted by Gasteiger charge is 2.17. The fraction of sp³-hybridized carbons (Fsp3) is 0.263. The highest BCUT2D eigenvalue weighted by Crippen LogP contribution is 2.20. The molecule has 0 aliphatic carbocycles. The van der Waals surface area contributed by atoms with Crippen LogP contribution in [0.3, 0.4) is 0 Å². The normalized spacial score (nSPS) is 11.9. The van der Waals surface area contributed by atoms with E-state index < -0.39 is 5.91 Å². The molecule has 2 aromatic rings. The van der Waals surface area contributed by atoms with Crippen molar-refractivity contribution in [3.8, 4) is 0 Å². The van der Waals surface area contributed by atoms with Gasteiger partial charge in [0.2, 0.25) is 5.91 Å². The monoisotopic (exact) mass is 393 g/mol. The van der Waals surface area contributed by atoms with Gasteiger partial charge in [-0.25, -0.2) is 0 Å². The molecule has 26 heavy (non-hydrogen) atoms. The van der Waals surface area contributed by atoms with Crippen LogP contribution in [0.5, 0.6) is 0 Å². The number of carbonyl (C=O) groups excluding carboxylic acids is 2. The number of nitrogens with zero attached hydrogens (tertiary/aromatic N) is 1. The maximum Gasteiger partial charge on any atom is 0.253 e. The summed E-state index contributed by atoms with van der Waals surface area (Å²) < 4.78 is 0. The molecule has 0 aliphatic rings. The van der Waals surface area contributed by atoms with Crippen molar-refractivity contribution >= 4 is 35.0 Å². The Morgan fingerprint density at radius 3 is 2.38 bits per heavy atom. The molecule has 0 saturated heterocycles. The van der Waals surface area contributed by atoms with Crippen LogP contribution in [-0.2, 0) is 4.79 Å². The minimum Gasteiger partial charge on any atom is -0.346 e. The quantitative estimate of drug-likeness (QED) is 0.759. The fourth-order valence-corrected chi connectivity index (χ4v) is 2.95. The molecule has 138 valence electrons. The maximum absolute atomic E-state index is 12.3. The van der Waals surface area contributed by atoms with E-state index in [1.165, 1.54) is 12.1 Å². The molecule has 1 atom stereocenters. The molecular weight excluding hydrogens is 373 g/mol. The molecule has 0 spiro atoms. The van der Waals surface area contributed by atoms with Crippen molar-refractivity contribution < 1.29 is 9.59 Å². The van der Waals surface area contributed by atoms with E-state index in [0.29, 0.717) is 11.6 Å². The van der Waals surface area contributed by atoms with E-state index in [9.17, 15) is 9.59 Å². The topological polar surface area (TPSA) is 61.4 Å². The molecule has 0 heterocycles. The van der Waals surface area contributed by atoms with Crippen molar-refractivity contribution in [1.29, 1.82) is 0 Å². The van der Waals surface area contributed by atoms with Gasteiger partial charge < -0.3 is 15.5 Å².